The molecule has 18 heavy (non-hydrogen) atoms. The molecule has 0 spiro atoms. The van der Waals surface area contributed by atoms with Crippen LogP contribution in [-0.2, 0) is 6.54 Å². The lowest BCUT2D eigenvalue weighted by molar-refractivity contribution is 0.348. The molecule has 0 bridgehead atoms. The minimum Gasteiger partial charge on any atom is -0.312 e. The summed E-state index contributed by atoms with van der Waals surface area (Å²) < 4.78 is 25.7. The van der Waals surface area contributed by atoms with Crippen molar-refractivity contribution in [1.82, 2.24) is 5.32 Å². The van der Waals surface area contributed by atoms with E-state index in [1.54, 1.807) is 6.07 Å². The summed E-state index contributed by atoms with van der Waals surface area (Å²) in [4.78, 5) is 0. The van der Waals surface area contributed by atoms with Crippen LogP contribution in [0.2, 0.25) is 0 Å². The largest absolute Gasteiger partial charge is 0.312 e. The lowest BCUT2D eigenvalue weighted by Crippen LogP contribution is -2.30. The van der Waals surface area contributed by atoms with Crippen molar-refractivity contribution in [3.63, 3.8) is 0 Å². The molecular formula is C14H18ClF2N. The molecule has 1 aliphatic rings. The van der Waals surface area contributed by atoms with Crippen molar-refractivity contribution >= 4 is 11.6 Å². The molecule has 1 aromatic rings. The van der Waals surface area contributed by atoms with Crippen LogP contribution in [0.4, 0.5) is 8.78 Å². The number of hydrogen-bond donors (Lipinski definition) is 1. The summed E-state index contributed by atoms with van der Waals surface area (Å²) >= 11 is 6.26. The second-order valence-corrected chi connectivity index (χ2v) is 5.50. The second-order valence-electron chi connectivity index (χ2n) is 4.94. The summed E-state index contributed by atoms with van der Waals surface area (Å²) in [5.74, 6) is -1.10. The molecular weight excluding hydrogens is 256 g/mol. The van der Waals surface area contributed by atoms with Crippen LogP contribution in [0.3, 0.4) is 0 Å². The first-order valence-electron chi connectivity index (χ1n) is 6.45. The highest BCUT2D eigenvalue weighted by Gasteiger charge is 2.22. The molecule has 1 N–H and O–H groups in total. The predicted molar refractivity (Wildman–Crippen MR) is 69.7 cm³/mol. The first kappa shape index (κ1) is 13.8. The van der Waals surface area contributed by atoms with E-state index in [9.17, 15) is 8.78 Å². The van der Waals surface area contributed by atoms with E-state index in [-0.39, 0.29) is 5.38 Å². The van der Waals surface area contributed by atoms with Gasteiger partial charge in [0.15, 0.2) is 11.6 Å². The fourth-order valence-corrected chi connectivity index (χ4v) is 2.81. The molecule has 2 rings (SSSR count). The van der Waals surface area contributed by atoms with Gasteiger partial charge in [0.05, 0.1) is 0 Å². The number of halogens is 3. The Morgan fingerprint density at radius 3 is 2.67 bits per heavy atom. The van der Waals surface area contributed by atoms with Crippen molar-refractivity contribution in [2.75, 3.05) is 6.54 Å². The Labute approximate surface area is 112 Å². The first-order valence-corrected chi connectivity index (χ1v) is 6.89. The van der Waals surface area contributed by atoms with Gasteiger partial charge in [-0.1, -0.05) is 18.9 Å². The Morgan fingerprint density at radius 2 is 1.94 bits per heavy atom. The van der Waals surface area contributed by atoms with Gasteiger partial charge in [-0.15, -0.1) is 11.6 Å². The van der Waals surface area contributed by atoms with Crippen LogP contribution < -0.4 is 5.32 Å². The second kappa shape index (κ2) is 6.48. The van der Waals surface area contributed by atoms with Crippen molar-refractivity contribution < 1.29 is 8.78 Å². The molecule has 1 fully saturated rings. The predicted octanol–water partition coefficient (Wildman–Crippen LogP) is 3.85. The van der Waals surface area contributed by atoms with Gasteiger partial charge in [0.2, 0.25) is 0 Å². The zero-order valence-electron chi connectivity index (χ0n) is 10.3. The molecule has 0 heterocycles. The summed E-state index contributed by atoms with van der Waals surface area (Å²) in [6.45, 7) is 1.39. The molecule has 0 radical (unpaired) electrons. The number of alkyl halides is 1. The molecule has 100 valence electrons. The molecule has 0 saturated heterocycles. The van der Waals surface area contributed by atoms with Crippen molar-refractivity contribution in [1.29, 1.82) is 0 Å². The first-order chi connectivity index (χ1) is 8.66. The average molecular weight is 274 g/mol. The minimum atomic E-state index is -0.799. The van der Waals surface area contributed by atoms with Crippen LogP contribution in [0.5, 0.6) is 0 Å². The van der Waals surface area contributed by atoms with E-state index in [0.717, 1.165) is 31.0 Å². The van der Waals surface area contributed by atoms with Crippen molar-refractivity contribution in [2.24, 2.45) is 5.92 Å². The fraction of sp³-hybridized carbons (Fsp3) is 0.571. The smallest absolute Gasteiger partial charge is 0.159 e. The quantitative estimate of drug-likeness (QED) is 0.822. The van der Waals surface area contributed by atoms with Crippen molar-refractivity contribution in [2.45, 2.75) is 37.6 Å². The highest BCUT2D eigenvalue weighted by atomic mass is 35.5. The van der Waals surface area contributed by atoms with Gasteiger partial charge in [-0.3, -0.25) is 0 Å². The molecule has 0 aliphatic heterocycles. The number of benzene rings is 1. The maximum absolute atomic E-state index is 13.0. The third kappa shape index (κ3) is 3.66. The molecule has 0 aromatic heterocycles. The Morgan fingerprint density at radius 1 is 1.17 bits per heavy atom. The van der Waals surface area contributed by atoms with Crippen LogP contribution in [0, 0.1) is 17.6 Å². The van der Waals surface area contributed by atoms with Gasteiger partial charge in [-0.25, -0.2) is 8.78 Å². The van der Waals surface area contributed by atoms with Crippen molar-refractivity contribution in [3.05, 3.63) is 35.4 Å². The molecule has 0 amide bonds. The zero-order chi connectivity index (χ0) is 13.0. The van der Waals surface area contributed by atoms with E-state index in [1.165, 1.54) is 18.9 Å². The monoisotopic (exact) mass is 273 g/mol. The third-order valence-corrected chi connectivity index (χ3v) is 4.11. The van der Waals surface area contributed by atoms with Crippen molar-refractivity contribution in [3.8, 4) is 0 Å². The molecule has 2 atom stereocenters. The maximum atomic E-state index is 13.0. The van der Waals surface area contributed by atoms with E-state index in [2.05, 4.69) is 5.32 Å². The van der Waals surface area contributed by atoms with Gasteiger partial charge in [0, 0.05) is 11.9 Å². The van der Waals surface area contributed by atoms with Gasteiger partial charge >= 0.3 is 0 Å². The number of hydrogen-bond acceptors (Lipinski definition) is 1. The van der Waals surface area contributed by atoms with Crippen LogP contribution >= 0.6 is 11.6 Å². The maximum Gasteiger partial charge on any atom is 0.159 e. The Kier molecular flexibility index (Phi) is 4.95. The van der Waals surface area contributed by atoms with Gasteiger partial charge in [0.1, 0.15) is 0 Å². The number of rotatable bonds is 4. The van der Waals surface area contributed by atoms with E-state index in [4.69, 9.17) is 11.6 Å². The normalized spacial score (nSPS) is 24.2. The highest BCUT2D eigenvalue weighted by molar-refractivity contribution is 6.20. The molecule has 2 unspecified atom stereocenters. The zero-order valence-corrected chi connectivity index (χ0v) is 11.0. The highest BCUT2D eigenvalue weighted by Crippen LogP contribution is 2.28. The molecule has 4 heteroatoms. The van der Waals surface area contributed by atoms with Gasteiger partial charge < -0.3 is 5.32 Å². The van der Waals surface area contributed by atoms with E-state index in [1.807, 2.05) is 0 Å². The van der Waals surface area contributed by atoms with Crippen LogP contribution in [0.25, 0.3) is 0 Å². The topological polar surface area (TPSA) is 12.0 Å². The van der Waals surface area contributed by atoms with E-state index in [0.29, 0.717) is 12.5 Å². The molecule has 1 nitrogen and oxygen atoms in total. The SMILES string of the molecule is Fc1ccc(CNCC2CCCCC2Cl)cc1F. The minimum absolute atomic E-state index is 0.246. The third-order valence-electron chi connectivity index (χ3n) is 3.54. The van der Waals surface area contributed by atoms with Crippen LogP contribution in [0.1, 0.15) is 31.2 Å². The Balaban J connectivity index is 1.79. The van der Waals surface area contributed by atoms with Gasteiger partial charge in [-0.05, 0) is 43.0 Å². The average Bonchev–Trinajstić information content (AvgIpc) is 2.36. The van der Waals surface area contributed by atoms with Gasteiger partial charge in [0.25, 0.3) is 0 Å². The summed E-state index contributed by atoms with van der Waals surface area (Å²) in [5.41, 5.74) is 0.760. The summed E-state index contributed by atoms with van der Waals surface area (Å²) in [7, 11) is 0. The lowest BCUT2D eigenvalue weighted by atomic mass is 9.89. The Hall–Kier alpha value is -0.670. The Bertz CT molecular complexity index is 397. The van der Waals surface area contributed by atoms with Crippen LogP contribution in [0.15, 0.2) is 18.2 Å². The molecule has 1 saturated carbocycles. The van der Waals surface area contributed by atoms with Gasteiger partial charge in [-0.2, -0.15) is 0 Å². The standard InChI is InChI=1S/C14H18ClF2N/c15-12-4-2-1-3-11(12)9-18-8-10-5-6-13(16)14(17)7-10/h5-7,11-12,18H,1-4,8-9H2. The lowest BCUT2D eigenvalue weighted by Gasteiger charge is -2.27. The van der Waals surface area contributed by atoms with Crippen LogP contribution in [-0.4, -0.2) is 11.9 Å². The van der Waals surface area contributed by atoms with E-state index >= 15 is 0 Å². The summed E-state index contributed by atoms with van der Waals surface area (Å²) in [5, 5.41) is 3.52. The van der Waals surface area contributed by atoms with E-state index < -0.39 is 11.6 Å². The summed E-state index contributed by atoms with van der Waals surface area (Å²) in [6, 6.07) is 4.00. The fourth-order valence-electron chi connectivity index (χ4n) is 2.44. The summed E-state index contributed by atoms with van der Waals surface area (Å²) in [6.07, 6.45) is 4.69. The number of nitrogens with one attached hydrogen (secondary N) is 1. The molecule has 1 aliphatic carbocycles. The molecule has 1 aromatic carbocycles.